The van der Waals surface area contributed by atoms with Gasteiger partial charge in [-0.1, -0.05) is 0 Å². The van der Waals surface area contributed by atoms with Crippen LogP contribution in [0.25, 0.3) is 0 Å². The van der Waals surface area contributed by atoms with E-state index in [1.54, 1.807) is 0 Å². The van der Waals surface area contributed by atoms with Crippen LogP contribution in [0.3, 0.4) is 0 Å². The third kappa shape index (κ3) is 3.06. The SMILES string of the molecule is NNc1ccncc1S(=O)(=O)Nc1ccc(Br)c(F)c1. The highest BCUT2D eigenvalue weighted by Crippen LogP contribution is 2.24. The van der Waals surface area contributed by atoms with Crippen LogP contribution in [0, 0.1) is 5.82 Å². The van der Waals surface area contributed by atoms with Gasteiger partial charge in [-0.25, -0.2) is 12.8 Å². The number of benzene rings is 1. The second-order valence-corrected chi connectivity index (χ2v) is 6.26. The summed E-state index contributed by atoms with van der Waals surface area (Å²) in [5, 5.41) is 0. The monoisotopic (exact) mass is 360 g/mol. The fraction of sp³-hybridized carbons (Fsp3) is 0. The summed E-state index contributed by atoms with van der Waals surface area (Å²) in [5.74, 6) is 4.67. The maximum absolute atomic E-state index is 13.4. The number of aromatic nitrogens is 1. The van der Waals surface area contributed by atoms with Crippen molar-refractivity contribution in [3.05, 3.63) is 46.9 Å². The zero-order chi connectivity index (χ0) is 14.8. The minimum Gasteiger partial charge on any atom is -0.323 e. The Hall–Kier alpha value is -1.71. The highest BCUT2D eigenvalue weighted by molar-refractivity contribution is 9.10. The number of hydrogen-bond donors (Lipinski definition) is 3. The molecule has 0 fully saturated rings. The van der Waals surface area contributed by atoms with Crippen molar-refractivity contribution in [1.29, 1.82) is 0 Å². The van der Waals surface area contributed by atoms with Gasteiger partial charge in [-0.05, 0) is 40.2 Å². The second kappa shape index (κ2) is 5.73. The van der Waals surface area contributed by atoms with Crippen LogP contribution in [0.2, 0.25) is 0 Å². The Morgan fingerprint density at radius 1 is 1.30 bits per heavy atom. The van der Waals surface area contributed by atoms with Crippen LogP contribution in [0.15, 0.2) is 46.0 Å². The van der Waals surface area contributed by atoms with Crippen molar-refractivity contribution in [1.82, 2.24) is 4.98 Å². The molecule has 1 aromatic carbocycles. The van der Waals surface area contributed by atoms with Crippen molar-refractivity contribution in [2.24, 2.45) is 5.84 Å². The first-order valence-corrected chi connectivity index (χ1v) is 7.60. The second-order valence-electron chi connectivity index (χ2n) is 3.75. The molecule has 1 heterocycles. The number of anilines is 2. The Morgan fingerprint density at radius 2 is 2.05 bits per heavy atom. The van der Waals surface area contributed by atoms with Gasteiger partial charge in [-0.2, -0.15) is 0 Å². The van der Waals surface area contributed by atoms with Gasteiger partial charge in [0.15, 0.2) is 0 Å². The molecule has 2 aromatic rings. The molecule has 0 radical (unpaired) electrons. The lowest BCUT2D eigenvalue weighted by atomic mass is 10.3. The van der Waals surface area contributed by atoms with Gasteiger partial charge in [0.05, 0.1) is 15.8 Å². The largest absolute Gasteiger partial charge is 0.323 e. The van der Waals surface area contributed by atoms with Crippen molar-refractivity contribution >= 4 is 37.3 Å². The van der Waals surface area contributed by atoms with Gasteiger partial charge in [-0.3, -0.25) is 15.5 Å². The summed E-state index contributed by atoms with van der Waals surface area (Å²) in [7, 11) is -3.92. The standard InChI is InChI=1S/C11H10BrFN4O2S/c12-8-2-1-7(5-9(8)13)17-20(18,19)11-6-15-4-3-10(11)16-14/h1-6,17H,14H2,(H,15,16). The van der Waals surface area contributed by atoms with E-state index in [1.807, 2.05) is 0 Å². The lowest BCUT2D eigenvalue weighted by Crippen LogP contribution is -2.17. The predicted octanol–water partition coefficient (Wildman–Crippen LogP) is 2.07. The summed E-state index contributed by atoms with van der Waals surface area (Å²) in [6.07, 6.45) is 2.54. The molecule has 0 saturated carbocycles. The summed E-state index contributed by atoms with van der Waals surface area (Å²) in [5.41, 5.74) is 2.55. The van der Waals surface area contributed by atoms with Crippen molar-refractivity contribution < 1.29 is 12.8 Å². The normalized spacial score (nSPS) is 11.2. The van der Waals surface area contributed by atoms with Gasteiger partial charge in [0.25, 0.3) is 10.0 Å². The highest BCUT2D eigenvalue weighted by Gasteiger charge is 2.19. The molecule has 0 aliphatic heterocycles. The number of sulfonamides is 1. The molecule has 0 amide bonds. The fourth-order valence-corrected chi connectivity index (χ4v) is 2.89. The molecule has 20 heavy (non-hydrogen) atoms. The van der Waals surface area contributed by atoms with E-state index < -0.39 is 15.8 Å². The number of halogens is 2. The molecular weight excluding hydrogens is 351 g/mol. The number of hydrazine groups is 1. The van der Waals surface area contributed by atoms with E-state index >= 15 is 0 Å². The van der Waals surface area contributed by atoms with E-state index in [4.69, 9.17) is 5.84 Å². The molecule has 0 unspecified atom stereocenters. The van der Waals surface area contributed by atoms with Gasteiger partial charge in [-0.15, -0.1) is 0 Å². The smallest absolute Gasteiger partial charge is 0.265 e. The number of hydrogen-bond acceptors (Lipinski definition) is 5. The maximum atomic E-state index is 13.4. The molecule has 4 N–H and O–H groups in total. The molecule has 6 nitrogen and oxygen atoms in total. The number of pyridine rings is 1. The first-order valence-electron chi connectivity index (χ1n) is 5.32. The molecule has 0 spiro atoms. The molecule has 0 atom stereocenters. The number of rotatable bonds is 4. The van der Waals surface area contributed by atoms with Crippen molar-refractivity contribution in [2.75, 3.05) is 10.1 Å². The third-order valence-electron chi connectivity index (χ3n) is 2.40. The summed E-state index contributed by atoms with van der Waals surface area (Å²) >= 11 is 2.99. The van der Waals surface area contributed by atoms with Crippen LogP contribution in [-0.2, 0) is 10.0 Å². The molecule has 106 valence electrons. The molecule has 1 aromatic heterocycles. The molecule has 0 bridgehead atoms. The average Bonchev–Trinajstić information content (AvgIpc) is 2.42. The number of nitrogens with zero attached hydrogens (tertiary/aromatic N) is 1. The number of nitrogen functional groups attached to an aromatic ring is 1. The quantitative estimate of drug-likeness (QED) is 0.572. The van der Waals surface area contributed by atoms with Crippen molar-refractivity contribution in [3.63, 3.8) is 0 Å². The van der Waals surface area contributed by atoms with Gasteiger partial charge in [0, 0.05) is 12.4 Å². The molecule has 0 saturated heterocycles. The fourth-order valence-electron chi connectivity index (χ4n) is 1.48. The van der Waals surface area contributed by atoms with Gasteiger partial charge in [0.1, 0.15) is 10.7 Å². The van der Waals surface area contributed by atoms with E-state index in [0.717, 1.165) is 12.3 Å². The predicted molar refractivity (Wildman–Crippen MR) is 77.0 cm³/mol. The van der Waals surface area contributed by atoms with E-state index in [1.165, 1.54) is 24.4 Å². The van der Waals surface area contributed by atoms with Gasteiger partial charge >= 0.3 is 0 Å². The van der Waals surface area contributed by atoms with Crippen LogP contribution in [0.5, 0.6) is 0 Å². The Balaban J connectivity index is 2.38. The van der Waals surface area contributed by atoms with E-state index in [2.05, 4.69) is 31.1 Å². The Kier molecular flexibility index (Phi) is 4.21. The minimum absolute atomic E-state index is 0.0949. The van der Waals surface area contributed by atoms with Crippen molar-refractivity contribution in [2.45, 2.75) is 4.90 Å². The molecule has 0 aliphatic rings. The first kappa shape index (κ1) is 14.7. The van der Waals surface area contributed by atoms with E-state index in [-0.39, 0.29) is 20.7 Å². The van der Waals surface area contributed by atoms with E-state index in [0.29, 0.717) is 0 Å². The Morgan fingerprint density at radius 3 is 2.70 bits per heavy atom. The molecule has 9 heteroatoms. The molecular formula is C11H10BrFN4O2S. The topological polar surface area (TPSA) is 97.1 Å². The average molecular weight is 361 g/mol. The number of nitrogens with two attached hydrogens (primary N) is 1. The third-order valence-corrected chi connectivity index (χ3v) is 4.45. The summed E-state index contributed by atoms with van der Waals surface area (Å²) < 4.78 is 40.3. The van der Waals surface area contributed by atoms with Crippen LogP contribution in [0.4, 0.5) is 15.8 Å². The first-order chi connectivity index (χ1) is 9.44. The van der Waals surface area contributed by atoms with Gasteiger partial charge in [0.2, 0.25) is 0 Å². The molecule has 2 rings (SSSR count). The zero-order valence-electron chi connectivity index (χ0n) is 9.97. The summed E-state index contributed by atoms with van der Waals surface area (Å²) in [6, 6.07) is 5.30. The lowest BCUT2D eigenvalue weighted by molar-refractivity contribution is 0.601. The maximum Gasteiger partial charge on any atom is 0.265 e. The van der Waals surface area contributed by atoms with Gasteiger partial charge < -0.3 is 5.43 Å². The van der Waals surface area contributed by atoms with Crippen LogP contribution in [0.1, 0.15) is 0 Å². The van der Waals surface area contributed by atoms with Crippen LogP contribution in [-0.4, -0.2) is 13.4 Å². The lowest BCUT2D eigenvalue weighted by Gasteiger charge is -2.11. The van der Waals surface area contributed by atoms with Crippen LogP contribution < -0.4 is 16.0 Å². The van der Waals surface area contributed by atoms with Crippen LogP contribution >= 0.6 is 15.9 Å². The zero-order valence-corrected chi connectivity index (χ0v) is 12.4. The minimum atomic E-state index is -3.92. The highest BCUT2D eigenvalue weighted by atomic mass is 79.9. The molecule has 0 aliphatic carbocycles. The van der Waals surface area contributed by atoms with Crippen molar-refractivity contribution in [3.8, 4) is 0 Å². The Bertz CT molecular complexity index is 739. The van der Waals surface area contributed by atoms with E-state index in [9.17, 15) is 12.8 Å². The number of nitrogens with one attached hydrogen (secondary N) is 2. The Labute approximate surface area is 123 Å². The summed E-state index contributed by atoms with van der Waals surface area (Å²) in [6.45, 7) is 0. The summed E-state index contributed by atoms with van der Waals surface area (Å²) in [4.78, 5) is 3.60.